The molecule has 6 heterocycles. The van der Waals surface area contributed by atoms with Crippen LogP contribution in [0, 0.1) is 6.92 Å². The molecule has 2 nitrogen and oxygen atoms in total. The van der Waals surface area contributed by atoms with Gasteiger partial charge in [0.15, 0.2) is 0 Å². The van der Waals surface area contributed by atoms with E-state index >= 15 is 0 Å². The van der Waals surface area contributed by atoms with Crippen molar-refractivity contribution < 1.29 is 0 Å². The lowest BCUT2D eigenvalue weighted by Crippen LogP contribution is -2.60. The normalized spacial score (nSPS) is 13.2. The number of thiophene rings is 4. The minimum Gasteiger partial charge on any atom is -0.302 e. The molecule has 0 N–H and O–H groups in total. The summed E-state index contributed by atoms with van der Waals surface area (Å²) in [5, 5.41) is 12.6. The van der Waals surface area contributed by atoms with Gasteiger partial charge in [-0.3, -0.25) is 0 Å². The average molecular weight is 1080 g/mol. The third-order valence-electron chi connectivity index (χ3n) is 16.4. The zero-order chi connectivity index (χ0) is 52.8. The smallest absolute Gasteiger partial charge is 0.256 e. The van der Waals surface area contributed by atoms with Gasteiger partial charge < -0.3 is 9.80 Å². The molecule has 13 aromatic rings. The van der Waals surface area contributed by atoms with Crippen molar-refractivity contribution in [3.8, 4) is 44.5 Å². The van der Waals surface area contributed by atoms with Crippen molar-refractivity contribution in [2.75, 3.05) is 9.80 Å². The van der Waals surface area contributed by atoms with E-state index in [9.17, 15) is 0 Å². The van der Waals surface area contributed by atoms with Crippen molar-refractivity contribution in [1.29, 1.82) is 0 Å². The molecule has 0 unspecified atom stereocenters. The molecule has 15 rings (SSSR count). The second-order valence-electron chi connectivity index (χ2n) is 23.4. The lowest BCUT2D eigenvalue weighted by atomic mass is 9.33. The van der Waals surface area contributed by atoms with Crippen LogP contribution in [-0.4, -0.2) is 6.71 Å². The second-order valence-corrected chi connectivity index (χ2v) is 27.3. The minimum atomic E-state index is -0.0608. The summed E-state index contributed by atoms with van der Waals surface area (Å²) < 4.78 is 5.23. The van der Waals surface area contributed by atoms with Crippen LogP contribution in [0.15, 0.2) is 205 Å². The standard InChI is InChI=1S/C71H55BN2S4/c1-42-34-59-67-60(35-42)74(58-37-46(27-31-50(58)44-20-12-9-13-21-44)56-41-76-62-25-17-15-23-52(56)62)69-66(54-39-48(71(5,6)7)29-33-64(54)78-69)72(67)65-53-38-47(70(2,3)4)28-32-63(53)77-68(65)73(59)57-36-45(26-30-49(57)43-18-10-8-11-19-43)55-40-75-61-24-16-14-22-51(55)61/h8-41H,1-7H3. The van der Waals surface area contributed by atoms with Gasteiger partial charge in [0.2, 0.25) is 0 Å². The summed E-state index contributed by atoms with van der Waals surface area (Å²) in [4.78, 5) is 5.40. The van der Waals surface area contributed by atoms with Crippen LogP contribution in [0.25, 0.3) is 84.9 Å². The Morgan fingerprint density at radius 3 is 1.21 bits per heavy atom. The number of hydrogen-bond donors (Lipinski definition) is 0. The Bertz CT molecular complexity index is 4270. The number of anilines is 6. The second kappa shape index (κ2) is 17.8. The summed E-state index contributed by atoms with van der Waals surface area (Å²) in [6.45, 7) is 16.4. The molecule has 7 heteroatoms. The van der Waals surface area contributed by atoms with E-state index in [0.717, 1.165) is 0 Å². The Kier molecular flexibility index (Phi) is 10.9. The van der Waals surface area contributed by atoms with E-state index in [1.165, 1.54) is 151 Å². The number of hydrogen-bond acceptors (Lipinski definition) is 6. The van der Waals surface area contributed by atoms with Crippen molar-refractivity contribution in [3.05, 3.63) is 222 Å². The minimum absolute atomic E-state index is 0.0481. The van der Waals surface area contributed by atoms with Crippen LogP contribution in [0.5, 0.6) is 0 Å². The first kappa shape index (κ1) is 47.7. The Labute approximate surface area is 473 Å². The summed E-state index contributed by atoms with van der Waals surface area (Å²) in [5.74, 6) is 0. The van der Waals surface area contributed by atoms with Crippen molar-refractivity contribution in [1.82, 2.24) is 0 Å². The van der Waals surface area contributed by atoms with Gasteiger partial charge in [-0.2, -0.15) is 0 Å². The Morgan fingerprint density at radius 2 is 0.769 bits per heavy atom. The monoisotopic (exact) mass is 1070 g/mol. The summed E-state index contributed by atoms with van der Waals surface area (Å²) in [5.41, 5.74) is 22.6. The highest BCUT2D eigenvalue weighted by atomic mass is 32.1. The van der Waals surface area contributed by atoms with E-state index in [2.05, 4.69) is 263 Å². The van der Waals surface area contributed by atoms with Crippen LogP contribution in [0.1, 0.15) is 58.2 Å². The first-order valence-corrected chi connectivity index (χ1v) is 30.5. The number of rotatable bonds is 6. The van der Waals surface area contributed by atoms with Gasteiger partial charge in [0.05, 0.1) is 21.4 Å². The highest BCUT2D eigenvalue weighted by molar-refractivity contribution is 7.29. The highest BCUT2D eigenvalue weighted by Crippen LogP contribution is 2.55. The van der Waals surface area contributed by atoms with Crippen LogP contribution in [-0.2, 0) is 10.8 Å². The van der Waals surface area contributed by atoms with Crippen molar-refractivity contribution >= 4 is 142 Å². The highest BCUT2D eigenvalue weighted by Gasteiger charge is 2.48. The lowest BCUT2D eigenvalue weighted by molar-refractivity contribution is 0.591. The molecule has 2 aliphatic heterocycles. The Balaban J connectivity index is 1.09. The molecule has 0 atom stereocenters. The molecule has 2 aliphatic rings. The number of aryl methyl sites for hydroxylation is 1. The largest absolute Gasteiger partial charge is 0.302 e. The molecule has 4 aromatic heterocycles. The van der Waals surface area contributed by atoms with Gasteiger partial charge in [-0.1, -0.05) is 187 Å². The Morgan fingerprint density at radius 1 is 0.346 bits per heavy atom. The van der Waals surface area contributed by atoms with E-state index in [0.29, 0.717) is 0 Å². The van der Waals surface area contributed by atoms with Gasteiger partial charge >= 0.3 is 0 Å². The molecular formula is C71H55BN2S4. The lowest BCUT2D eigenvalue weighted by Gasteiger charge is -2.43. The summed E-state index contributed by atoms with van der Waals surface area (Å²) in [6.07, 6.45) is 0. The van der Waals surface area contributed by atoms with Crippen molar-refractivity contribution in [2.24, 2.45) is 0 Å². The molecule has 0 saturated carbocycles. The molecular weight excluding hydrogens is 1020 g/mol. The van der Waals surface area contributed by atoms with Crippen LogP contribution in [0.4, 0.5) is 32.8 Å². The van der Waals surface area contributed by atoms with Gasteiger partial charge in [0.1, 0.15) is 0 Å². The van der Waals surface area contributed by atoms with Crippen LogP contribution >= 0.6 is 45.3 Å². The summed E-state index contributed by atoms with van der Waals surface area (Å²) in [6, 6.07) is 74.1. The molecule has 0 bridgehead atoms. The molecule has 0 spiro atoms. The molecule has 0 saturated heterocycles. The molecule has 0 fully saturated rings. The van der Waals surface area contributed by atoms with Crippen LogP contribution < -0.4 is 26.2 Å². The van der Waals surface area contributed by atoms with E-state index in [-0.39, 0.29) is 17.5 Å². The molecule has 78 heavy (non-hydrogen) atoms. The van der Waals surface area contributed by atoms with Crippen LogP contribution in [0.2, 0.25) is 0 Å². The molecule has 376 valence electrons. The maximum atomic E-state index is 2.70. The fourth-order valence-electron chi connectivity index (χ4n) is 12.5. The third kappa shape index (κ3) is 7.46. The first-order chi connectivity index (χ1) is 37.9. The summed E-state index contributed by atoms with van der Waals surface area (Å²) >= 11 is 7.57. The zero-order valence-electron chi connectivity index (χ0n) is 44.7. The van der Waals surface area contributed by atoms with Crippen molar-refractivity contribution in [2.45, 2.75) is 59.3 Å². The molecule has 0 radical (unpaired) electrons. The molecule has 0 aliphatic carbocycles. The molecule has 0 amide bonds. The maximum absolute atomic E-state index is 2.70. The number of nitrogens with zero attached hydrogens (tertiary/aromatic N) is 2. The fourth-order valence-corrected chi connectivity index (χ4v) is 16.9. The predicted molar refractivity (Wildman–Crippen MR) is 346 cm³/mol. The predicted octanol–water partition coefficient (Wildman–Crippen LogP) is 20.2. The Hall–Kier alpha value is -7.52. The quantitative estimate of drug-likeness (QED) is 0.153. The zero-order valence-corrected chi connectivity index (χ0v) is 48.0. The molecule has 9 aromatic carbocycles. The van der Waals surface area contributed by atoms with E-state index in [1.807, 2.05) is 45.3 Å². The number of benzene rings is 9. The van der Waals surface area contributed by atoms with E-state index in [1.54, 1.807) is 0 Å². The van der Waals surface area contributed by atoms with E-state index < -0.39 is 0 Å². The van der Waals surface area contributed by atoms with Crippen LogP contribution in [0.3, 0.4) is 0 Å². The SMILES string of the molecule is Cc1cc2c3c(c1)N(c1cc(-c4csc5ccccc45)ccc1-c1ccccc1)c1sc4ccc(C(C)(C)C)cc4c1B3c1c(sc3ccc(C(C)(C)C)cc13)N2c1cc(-c2csc3ccccc23)ccc1-c1ccccc1. The topological polar surface area (TPSA) is 6.48 Å². The van der Waals surface area contributed by atoms with Gasteiger partial charge in [-0.15, -0.1) is 45.3 Å². The maximum Gasteiger partial charge on any atom is 0.256 e. The fraction of sp³-hybridized carbons (Fsp3) is 0.127. The third-order valence-corrected chi connectivity index (χ3v) is 20.7. The van der Waals surface area contributed by atoms with Gasteiger partial charge in [-0.05, 0) is 143 Å². The van der Waals surface area contributed by atoms with Gasteiger partial charge in [0, 0.05) is 63.2 Å². The summed E-state index contributed by atoms with van der Waals surface area (Å²) in [7, 11) is 0. The van der Waals surface area contributed by atoms with E-state index in [4.69, 9.17) is 0 Å². The van der Waals surface area contributed by atoms with Crippen molar-refractivity contribution in [3.63, 3.8) is 0 Å². The number of fused-ring (bicyclic) bond motifs is 10. The first-order valence-electron chi connectivity index (χ1n) is 27.1. The van der Waals surface area contributed by atoms with Gasteiger partial charge in [-0.25, -0.2) is 0 Å². The average Bonchev–Trinajstić information content (AvgIpc) is 4.19. The van der Waals surface area contributed by atoms with Gasteiger partial charge in [0.25, 0.3) is 6.71 Å².